The van der Waals surface area contributed by atoms with Crippen molar-refractivity contribution < 1.29 is 53.1 Å². The van der Waals surface area contributed by atoms with E-state index in [-0.39, 0.29) is 82.9 Å². The monoisotopic (exact) mass is 703 g/mol. The molecule has 0 bridgehead atoms. The number of halogens is 13. The Labute approximate surface area is 264 Å². The Hall–Kier alpha value is -2.36. The molecule has 2 fully saturated rings. The molecule has 17 heteroatoms. The first-order valence-corrected chi connectivity index (χ1v) is 13.4. The number of amides is 1. The van der Waals surface area contributed by atoms with Crippen LogP contribution in [-0.4, -0.2) is 78.4 Å². The third kappa shape index (κ3) is 10.3. The molecule has 2 aromatic rings. The number of alkyl halides is 11. The molecule has 1 amide bonds. The van der Waals surface area contributed by atoms with Gasteiger partial charge in [0.1, 0.15) is 0 Å². The molecule has 2 aliphatic rings. The highest BCUT2D eigenvalue weighted by Crippen LogP contribution is 2.37. The smallest absolute Gasteiger partial charge is 0.333 e. The second-order valence-corrected chi connectivity index (χ2v) is 10.8. The number of nitrogens with zero attached hydrogens (tertiary/aromatic N) is 3. The number of piperidine rings is 1. The summed E-state index contributed by atoms with van der Waals surface area (Å²) in [6.07, 6.45) is -15.5. The zero-order valence-corrected chi connectivity index (χ0v) is 25.0. The van der Waals surface area contributed by atoms with Crippen LogP contribution in [0.4, 0.5) is 48.3 Å². The standard InChI is InChI=1S/C28H28F11N3O.2ClH/c29-25(30)5-7-40(8-6-25)9-10-41-11-12-42(23(17-41)13-18-1-3-20(4-2-18)26(31,32)33)24(43)19-14-21(27(34,35)36)16-22(15-19)28(37,38)39;;/h1-4,14-16,23H,5-13,17H2;2*1H/t23-;;/m1../s1. The van der Waals surface area contributed by atoms with Crippen LogP contribution in [-0.2, 0) is 24.9 Å². The fraction of sp³-hybridized carbons (Fsp3) is 0.536. The first-order chi connectivity index (χ1) is 19.8. The van der Waals surface area contributed by atoms with Gasteiger partial charge in [-0.15, -0.1) is 24.8 Å². The second kappa shape index (κ2) is 14.6. The average molecular weight is 704 g/mol. The molecule has 4 nitrogen and oxygen atoms in total. The van der Waals surface area contributed by atoms with Crippen LogP contribution in [0.25, 0.3) is 0 Å². The molecule has 4 rings (SSSR count). The quantitative estimate of drug-likeness (QED) is 0.289. The van der Waals surface area contributed by atoms with Gasteiger partial charge in [0.05, 0.1) is 16.7 Å². The van der Waals surface area contributed by atoms with Crippen molar-refractivity contribution in [2.45, 2.75) is 49.8 Å². The van der Waals surface area contributed by atoms with Crippen molar-refractivity contribution in [3.8, 4) is 0 Å². The van der Waals surface area contributed by atoms with E-state index in [0.29, 0.717) is 30.8 Å². The molecule has 0 aromatic heterocycles. The summed E-state index contributed by atoms with van der Waals surface area (Å²) in [6.45, 7) is 1.39. The minimum atomic E-state index is -5.16. The molecule has 2 aromatic carbocycles. The van der Waals surface area contributed by atoms with Crippen molar-refractivity contribution in [1.29, 1.82) is 0 Å². The number of hydrogen-bond acceptors (Lipinski definition) is 3. The Morgan fingerprint density at radius 3 is 1.67 bits per heavy atom. The minimum absolute atomic E-state index is 0. The average Bonchev–Trinajstić information content (AvgIpc) is 2.91. The summed E-state index contributed by atoms with van der Waals surface area (Å²) >= 11 is 0. The van der Waals surface area contributed by atoms with Gasteiger partial charge in [0.15, 0.2) is 0 Å². The molecule has 0 spiro atoms. The number of rotatable bonds is 6. The van der Waals surface area contributed by atoms with Gasteiger partial charge in [0.2, 0.25) is 0 Å². The highest BCUT2D eigenvalue weighted by molar-refractivity contribution is 5.95. The zero-order chi connectivity index (χ0) is 31.8. The van der Waals surface area contributed by atoms with E-state index >= 15 is 0 Å². The summed E-state index contributed by atoms with van der Waals surface area (Å²) in [5, 5.41) is 0. The molecule has 2 aliphatic heterocycles. The van der Waals surface area contributed by atoms with E-state index in [1.54, 1.807) is 0 Å². The van der Waals surface area contributed by atoms with Crippen molar-refractivity contribution >= 4 is 30.7 Å². The maximum atomic E-state index is 13.5. The first-order valence-electron chi connectivity index (χ1n) is 13.4. The fourth-order valence-corrected chi connectivity index (χ4v) is 5.30. The molecular formula is C28H30Cl2F11N3O. The van der Waals surface area contributed by atoms with Gasteiger partial charge in [-0.1, -0.05) is 12.1 Å². The predicted molar refractivity (Wildman–Crippen MR) is 148 cm³/mol. The number of carbonyl (C=O) groups excluding carboxylic acids is 1. The molecule has 2 heterocycles. The van der Waals surface area contributed by atoms with Crippen molar-refractivity contribution in [2.24, 2.45) is 0 Å². The third-order valence-electron chi connectivity index (χ3n) is 7.73. The lowest BCUT2D eigenvalue weighted by molar-refractivity contribution is -0.143. The van der Waals surface area contributed by atoms with Gasteiger partial charge >= 0.3 is 18.5 Å². The van der Waals surface area contributed by atoms with Crippen LogP contribution in [0.2, 0.25) is 0 Å². The summed E-state index contributed by atoms with van der Waals surface area (Å²) in [6, 6.07) is 3.90. The fourth-order valence-electron chi connectivity index (χ4n) is 5.30. The molecule has 0 unspecified atom stereocenters. The van der Waals surface area contributed by atoms with E-state index in [0.717, 1.165) is 17.0 Å². The molecule has 45 heavy (non-hydrogen) atoms. The third-order valence-corrected chi connectivity index (χ3v) is 7.73. The molecule has 1 atom stereocenters. The van der Waals surface area contributed by atoms with Gasteiger partial charge < -0.3 is 9.80 Å². The van der Waals surface area contributed by atoms with Gasteiger partial charge in [0.25, 0.3) is 11.8 Å². The van der Waals surface area contributed by atoms with Crippen molar-refractivity contribution in [2.75, 3.05) is 45.8 Å². The Morgan fingerprint density at radius 2 is 1.18 bits per heavy atom. The van der Waals surface area contributed by atoms with Crippen molar-refractivity contribution in [3.05, 3.63) is 70.3 Å². The van der Waals surface area contributed by atoms with E-state index < -0.39 is 58.7 Å². The zero-order valence-electron chi connectivity index (χ0n) is 23.4. The van der Waals surface area contributed by atoms with Crippen LogP contribution in [0.1, 0.15) is 45.5 Å². The maximum absolute atomic E-state index is 13.5. The predicted octanol–water partition coefficient (Wildman–Crippen LogP) is 7.69. The number of benzene rings is 2. The molecule has 2 saturated heterocycles. The topological polar surface area (TPSA) is 26.8 Å². The van der Waals surface area contributed by atoms with Gasteiger partial charge in [-0.05, 0) is 42.3 Å². The van der Waals surface area contributed by atoms with Crippen LogP contribution in [0.15, 0.2) is 42.5 Å². The van der Waals surface area contributed by atoms with Crippen molar-refractivity contribution in [3.63, 3.8) is 0 Å². The molecule has 0 radical (unpaired) electrons. The second-order valence-electron chi connectivity index (χ2n) is 10.8. The molecular weight excluding hydrogens is 674 g/mol. The van der Waals surface area contributed by atoms with E-state index in [9.17, 15) is 53.1 Å². The van der Waals surface area contributed by atoms with Crippen LogP contribution in [0.5, 0.6) is 0 Å². The number of hydrogen-bond donors (Lipinski definition) is 0. The van der Waals surface area contributed by atoms with Gasteiger partial charge in [-0.25, -0.2) is 8.78 Å². The number of carbonyl (C=O) groups is 1. The van der Waals surface area contributed by atoms with E-state index in [4.69, 9.17) is 0 Å². The lowest BCUT2D eigenvalue weighted by Crippen LogP contribution is -2.57. The van der Waals surface area contributed by atoms with Gasteiger partial charge in [-0.2, -0.15) is 39.5 Å². The lowest BCUT2D eigenvalue weighted by Gasteiger charge is -2.42. The van der Waals surface area contributed by atoms with E-state index in [1.807, 2.05) is 9.80 Å². The normalized spacial score (nSPS) is 19.9. The largest absolute Gasteiger partial charge is 0.416 e. The number of likely N-dealkylation sites (tertiary alicyclic amines) is 1. The van der Waals surface area contributed by atoms with E-state index in [2.05, 4.69) is 0 Å². The van der Waals surface area contributed by atoms with Crippen LogP contribution >= 0.6 is 24.8 Å². The van der Waals surface area contributed by atoms with Crippen LogP contribution in [0, 0.1) is 0 Å². The maximum Gasteiger partial charge on any atom is 0.416 e. The Morgan fingerprint density at radius 1 is 0.689 bits per heavy atom. The highest BCUT2D eigenvalue weighted by atomic mass is 35.5. The summed E-state index contributed by atoms with van der Waals surface area (Å²) in [4.78, 5) is 18.3. The SMILES string of the molecule is Cl.Cl.O=C(c1cc(C(F)(F)F)cc(C(F)(F)F)c1)N1CCN(CCN2CCC(F)(F)CC2)C[C@H]1Cc1ccc(C(F)(F)F)cc1. The molecule has 254 valence electrons. The van der Waals surface area contributed by atoms with Crippen LogP contribution < -0.4 is 0 Å². The Bertz CT molecular complexity index is 1240. The van der Waals surface area contributed by atoms with E-state index in [1.165, 1.54) is 12.1 Å². The van der Waals surface area contributed by atoms with Crippen LogP contribution in [0.3, 0.4) is 0 Å². The summed E-state index contributed by atoms with van der Waals surface area (Å²) in [5.74, 6) is -3.81. The summed E-state index contributed by atoms with van der Waals surface area (Å²) in [7, 11) is 0. The molecule has 0 aliphatic carbocycles. The molecule has 0 saturated carbocycles. The number of piperazine rings is 1. The summed E-state index contributed by atoms with van der Waals surface area (Å²) < 4.78 is 147. The molecule has 0 N–H and O–H groups in total. The minimum Gasteiger partial charge on any atom is -0.333 e. The van der Waals surface area contributed by atoms with Crippen molar-refractivity contribution in [1.82, 2.24) is 14.7 Å². The Kier molecular flexibility index (Phi) is 12.6. The Balaban J connectivity index is 0.00000353. The van der Waals surface area contributed by atoms with Gasteiger partial charge in [0, 0.05) is 70.3 Å². The highest BCUT2D eigenvalue weighted by Gasteiger charge is 2.40. The lowest BCUT2D eigenvalue weighted by atomic mass is 9.98. The summed E-state index contributed by atoms with van der Waals surface area (Å²) in [5.41, 5.74) is -4.64. The first kappa shape index (κ1) is 38.8. The van der Waals surface area contributed by atoms with Gasteiger partial charge in [-0.3, -0.25) is 9.69 Å².